The number of carbonyl (C=O) groups is 1. The van der Waals surface area contributed by atoms with Gasteiger partial charge in [-0.15, -0.1) is 0 Å². The summed E-state index contributed by atoms with van der Waals surface area (Å²) in [5, 5.41) is 2.92. The van der Waals surface area contributed by atoms with Crippen molar-refractivity contribution in [3.8, 4) is 0 Å². The lowest BCUT2D eigenvalue weighted by Crippen LogP contribution is -2.36. The Morgan fingerprint density at radius 1 is 1.40 bits per heavy atom. The van der Waals surface area contributed by atoms with Crippen molar-refractivity contribution in [2.75, 3.05) is 16.3 Å². The molecule has 0 bridgehead atoms. The van der Waals surface area contributed by atoms with E-state index in [1.807, 2.05) is 0 Å². The molecule has 0 saturated carbocycles. The van der Waals surface area contributed by atoms with Gasteiger partial charge in [-0.25, -0.2) is 8.42 Å². The molecule has 4 N–H and O–H groups in total. The Bertz CT molecular complexity index is 609. The number of anilines is 2. The minimum atomic E-state index is -3.39. The van der Waals surface area contributed by atoms with E-state index in [0.29, 0.717) is 16.4 Å². The zero-order valence-corrected chi connectivity index (χ0v) is 13.1. The molecule has 20 heavy (non-hydrogen) atoms. The number of sulfonamides is 1. The molecule has 0 aliphatic heterocycles. The van der Waals surface area contributed by atoms with Crippen LogP contribution in [-0.4, -0.2) is 26.1 Å². The molecule has 0 aromatic heterocycles. The second-order valence-corrected chi connectivity index (χ2v) is 7.44. The van der Waals surface area contributed by atoms with Crippen molar-refractivity contribution in [2.45, 2.75) is 25.8 Å². The standard InChI is InChI=1S/C12H18ClN3O3S/c1-12(2,14)7-11(17)15-10-6-8(4-5-9(10)13)16-20(3,18)19/h4-6,16H,7,14H2,1-3H3,(H,15,17). The van der Waals surface area contributed by atoms with E-state index in [0.717, 1.165) is 6.26 Å². The first-order valence-corrected chi connectivity index (χ1v) is 8.09. The molecular weight excluding hydrogens is 302 g/mol. The highest BCUT2D eigenvalue weighted by molar-refractivity contribution is 7.92. The molecule has 8 heteroatoms. The van der Waals surface area contributed by atoms with E-state index < -0.39 is 15.6 Å². The van der Waals surface area contributed by atoms with Gasteiger partial charge in [0.25, 0.3) is 0 Å². The van der Waals surface area contributed by atoms with E-state index in [9.17, 15) is 13.2 Å². The van der Waals surface area contributed by atoms with Gasteiger partial charge in [-0.05, 0) is 32.0 Å². The van der Waals surface area contributed by atoms with Crippen LogP contribution in [0.3, 0.4) is 0 Å². The highest BCUT2D eigenvalue weighted by atomic mass is 35.5. The molecule has 1 rings (SSSR count). The van der Waals surface area contributed by atoms with Crippen LogP contribution in [0.15, 0.2) is 18.2 Å². The van der Waals surface area contributed by atoms with Gasteiger partial charge in [0.15, 0.2) is 0 Å². The number of carbonyl (C=O) groups excluding carboxylic acids is 1. The van der Waals surface area contributed by atoms with Crippen LogP contribution in [-0.2, 0) is 14.8 Å². The highest BCUT2D eigenvalue weighted by Gasteiger charge is 2.17. The zero-order valence-electron chi connectivity index (χ0n) is 11.5. The van der Waals surface area contributed by atoms with E-state index in [4.69, 9.17) is 17.3 Å². The fourth-order valence-corrected chi connectivity index (χ4v) is 2.23. The van der Waals surface area contributed by atoms with Crippen LogP contribution in [0, 0.1) is 0 Å². The first-order chi connectivity index (χ1) is 8.96. The fourth-order valence-electron chi connectivity index (χ4n) is 1.51. The first kappa shape index (κ1) is 16.7. The maximum atomic E-state index is 11.8. The summed E-state index contributed by atoms with van der Waals surface area (Å²) in [6.07, 6.45) is 1.16. The van der Waals surface area contributed by atoms with Gasteiger partial charge in [0.1, 0.15) is 0 Å². The Morgan fingerprint density at radius 3 is 2.50 bits per heavy atom. The van der Waals surface area contributed by atoms with Crippen LogP contribution < -0.4 is 15.8 Å². The van der Waals surface area contributed by atoms with Gasteiger partial charge in [0.2, 0.25) is 15.9 Å². The largest absolute Gasteiger partial charge is 0.325 e. The third-order valence-electron chi connectivity index (χ3n) is 2.16. The molecule has 0 aliphatic rings. The molecule has 112 valence electrons. The first-order valence-electron chi connectivity index (χ1n) is 5.82. The zero-order chi connectivity index (χ0) is 15.6. The molecule has 0 saturated heterocycles. The lowest BCUT2D eigenvalue weighted by Gasteiger charge is -2.18. The lowest BCUT2D eigenvalue weighted by molar-refractivity contribution is -0.117. The predicted octanol–water partition coefficient (Wildman–Crippen LogP) is 1.78. The summed E-state index contributed by atoms with van der Waals surface area (Å²) >= 11 is 5.96. The molecule has 0 radical (unpaired) electrons. The maximum Gasteiger partial charge on any atom is 0.229 e. The van der Waals surface area contributed by atoms with Crippen molar-refractivity contribution in [3.63, 3.8) is 0 Å². The molecule has 0 heterocycles. The average Bonchev–Trinajstić information content (AvgIpc) is 2.18. The predicted molar refractivity (Wildman–Crippen MR) is 81.4 cm³/mol. The van der Waals surface area contributed by atoms with Crippen LogP contribution in [0.1, 0.15) is 20.3 Å². The van der Waals surface area contributed by atoms with Crippen molar-refractivity contribution >= 4 is 38.9 Å². The van der Waals surface area contributed by atoms with E-state index >= 15 is 0 Å². The maximum absolute atomic E-state index is 11.8. The summed E-state index contributed by atoms with van der Waals surface area (Å²) in [5.74, 6) is -0.295. The molecule has 0 fully saturated rings. The molecule has 6 nitrogen and oxygen atoms in total. The molecule has 0 aliphatic carbocycles. The van der Waals surface area contributed by atoms with E-state index in [2.05, 4.69) is 10.0 Å². The molecule has 0 spiro atoms. The van der Waals surface area contributed by atoms with Crippen LogP contribution in [0.2, 0.25) is 5.02 Å². The molecule has 0 unspecified atom stereocenters. The number of halogens is 1. The van der Waals surface area contributed by atoms with Gasteiger partial charge < -0.3 is 11.1 Å². The number of rotatable bonds is 5. The molecular formula is C12H18ClN3O3S. The number of hydrogen-bond donors (Lipinski definition) is 3. The van der Waals surface area contributed by atoms with Gasteiger partial charge in [-0.2, -0.15) is 0 Å². The van der Waals surface area contributed by atoms with Crippen molar-refractivity contribution in [1.29, 1.82) is 0 Å². The summed E-state index contributed by atoms with van der Waals surface area (Å²) in [5.41, 5.74) is 5.76. The van der Waals surface area contributed by atoms with Gasteiger partial charge in [0.05, 0.1) is 22.7 Å². The Labute approximate surface area is 123 Å². The number of nitrogens with two attached hydrogens (primary N) is 1. The Kier molecular flexibility index (Phi) is 5.01. The second kappa shape index (κ2) is 5.99. The normalized spacial score (nSPS) is 12.1. The molecule has 1 aromatic rings. The summed E-state index contributed by atoms with van der Waals surface area (Å²) in [4.78, 5) is 11.8. The molecule has 1 aromatic carbocycles. The SMILES string of the molecule is CC(C)(N)CC(=O)Nc1cc(NS(C)(=O)=O)ccc1Cl. The summed E-state index contributed by atoms with van der Waals surface area (Å²) in [6, 6.07) is 4.45. The Morgan fingerprint density at radius 2 is 2.00 bits per heavy atom. The monoisotopic (exact) mass is 319 g/mol. The third-order valence-corrected chi connectivity index (χ3v) is 3.10. The average molecular weight is 320 g/mol. The van der Waals surface area contributed by atoms with Crippen LogP contribution in [0.4, 0.5) is 11.4 Å². The summed E-state index contributed by atoms with van der Waals surface area (Å²) < 4.78 is 24.6. The van der Waals surface area contributed by atoms with E-state index in [1.54, 1.807) is 13.8 Å². The van der Waals surface area contributed by atoms with Crippen LogP contribution >= 0.6 is 11.6 Å². The minimum absolute atomic E-state index is 0.118. The number of benzene rings is 1. The number of nitrogens with one attached hydrogen (secondary N) is 2. The summed E-state index contributed by atoms with van der Waals surface area (Å²) in [7, 11) is -3.39. The smallest absolute Gasteiger partial charge is 0.229 e. The number of hydrogen-bond acceptors (Lipinski definition) is 4. The number of amides is 1. The van der Waals surface area contributed by atoms with Crippen molar-refractivity contribution in [1.82, 2.24) is 0 Å². The Balaban J connectivity index is 2.90. The van der Waals surface area contributed by atoms with Crippen molar-refractivity contribution in [3.05, 3.63) is 23.2 Å². The Hall–Kier alpha value is -1.31. The lowest BCUT2D eigenvalue weighted by atomic mass is 10.0. The molecule has 1 amide bonds. The minimum Gasteiger partial charge on any atom is -0.325 e. The third kappa shape index (κ3) is 6.23. The fraction of sp³-hybridized carbons (Fsp3) is 0.417. The highest BCUT2D eigenvalue weighted by Crippen LogP contribution is 2.26. The second-order valence-electron chi connectivity index (χ2n) is 5.28. The molecule has 0 atom stereocenters. The van der Waals surface area contributed by atoms with Gasteiger partial charge in [0, 0.05) is 12.0 Å². The van der Waals surface area contributed by atoms with Gasteiger partial charge >= 0.3 is 0 Å². The van der Waals surface area contributed by atoms with Crippen LogP contribution in [0.25, 0.3) is 0 Å². The summed E-state index contributed by atoms with van der Waals surface area (Å²) in [6.45, 7) is 3.46. The van der Waals surface area contributed by atoms with E-state index in [-0.39, 0.29) is 12.3 Å². The van der Waals surface area contributed by atoms with Crippen molar-refractivity contribution in [2.24, 2.45) is 5.73 Å². The van der Waals surface area contributed by atoms with Gasteiger partial charge in [-0.1, -0.05) is 11.6 Å². The quantitative estimate of drug-likeness (QED) is 0.770. The van der Waals surface area contributed by atoms with Gasteiger partial charge in [-0.3, -0.25) is 9.52 Å². The topological polar surface area (TPSA) is 101 Å². The van der Waals surface area contributed by atoms with Crippen molar-refractivity contribution < 1.29 is 13.2 Å². The van der Waals surface area contributed by atoms with E-state index in [1.165, 1.54) is 18.2 Å². The van der Waals surface area contributed by atoms with Crippen LogP contribution in [0.5, 0.6) is 0 Å².